The molecule has 1 aliphatic carbocycles. The van der Waals surface area contributed by atoms with Crippen LogP contribution in [0.15, 0.2) is 47.5 Å². The maximum absolute atomic E-state index is 11.7. The minimum atomic E-state index is -0.737. The molecule has 0 aromatic rings. The van der Waals surface area contributed by atoms with Crippen LogP contribution in [0.5, 0.6) is 0 Å². The molecule has 132 valence electrons. The molecule has 2 N–H and O–H groups in total. The Bertz CT molecular complexity index is 578. The first-order chi connectivity index (χ1) is 11.4. The Balaban J connectivity index is 2.96. The first-order valence-electron chi connectivity index (χ1n) is 8.15. The summed E-state index contributed by atoms with van der Waals surface area (Å²) in [6.07, 6.45) is 10.9. The van der Waals surface area contributed by atoms with Gasteiger partial charge in [0, 0.05) is 5.71 Å². The van der Waals surface area contributed by atoms with E-state index in [1.807, 2.05) is 0 Å². The summed E-state index contributed by atoms with van der Waals surface area (Å²) in [5, 5.41) is 17.9. The van der Waals surface area contributed by atoms with Gasteiger partial charge in [0.1, 0.15) is 17.1 Å². The van der Waals surface area contributed by atoms with Crippen LogP contribution in [0.3, 0.4) is 0 Å². The number of aliphatic hydroxyl groups excluding tert-OH is 1. The Labute approximate surface area is 143 Å². The highest BCUT2D eigenvalue weighted by Crippen LogP contribution is 2.23. The number of carbonyl (C=O) groups excluding carboxylic acids is 1. The van der Waals surface area contributed by atoms with Gasteiger partial charge in [-0.25, -0.2) is 4.79 Å². The number of aliphatic hydroxyl groups is 1. The molecule has 24 heavy (non-hydrogen) atoms. The predicted molar refractivity (Wildman–Crippen MR) is 95.1 cm³/mol. The smallest absolute Gasteiger partial charge is 0.343 e. The van der Waals surface area contributed by atoms with E-state index in [4.69, 9.17) is 10.1 Å². The van der Waals surface area contributed by atoms with Crippen molar-refractivity contribution in [3.8, 4) is 0 Å². The van der Waals surface area contributed by atoms with Crippen molar-refractivity contribution < 1.29 is 19.4 Å². The van der Waals surface area contributed by atoms with E-state index in [1.54, 1.807) is 25.2 Å². The normalized spacial score (nSPS) is 17.8. The topological polar surface area (TPSA) is 79.6 Å². The van der Waals surface area contributed by atoms with Crippen molar-refractivity contribution in [2.45, 2.75) is 52.1 Å². The first kappa shape index (κ1) is 19.7. The maximum Gasteiger partial charge on any atom is 0.343 e. The fraction of sp³-hybridized carbons (Fsp3) is 0.474. The molecule has 5 nitrogen and oxygen atoms in total. The third kappa shape index (κ3) is 5.72. The number of allylic oxidation sites excluding steroid dienone is 4. The van der Waals surface area contributed by atoms with E-state index in [1.165, 1.54) is 33.3 Å². The summed E-state index contributed by atoms with van der Waals surface area (Å²) in [5.41, 5.74) is 0.236. The molecule has 0 spiro atoms. The van der Waals surface area contributed by atoms with Crippen LogP contribution in [0.4, 0.5) is 0 Å². The number of nitrogens with one attached hydrogen (secondary N) is 1. The quantitative estimate of drug-likeness (QED) is 0.238. The highest BCUT2D eigenvalue weighted by molar-refractivity contribution is 6.18. The zero-order valence-electron chi connectivity index (χ0n) is 14.7. The van der Waals surface area contributed by atoms with E-state index in [9.17, 15) is 9.90 Å². The van der Waals surface area contributed by atoms with Crippen molar-refractivity contribution >= 4 is 11.7 Å². The van der Waals surface area contributed by atoms with Crippen LogP contribution in [0.1, 0.15) is 46.0 Å². The standard InChI is InChI=1S/C19H27NO4/c1-5-15(24-16-9-7-6-8-10-16)12-11-13(2)18(21)17(14(3)20)19(22)23-4/h5,11-12,16,20-21H,1,6-10H2,2-4H3/b13-11+,15-12+,18-17+,20-14?. The monoisotopic (exact) mass is 333 g/mol. The Morgan fingerprint density at radius 3 is 2.33 bits per heavy atom. The van der Waals surface area contributed by atoms with Crippen LogP contribution >= 0.6 is 0 Å². The number of carbonyl (C=O) groups is 1. The van der Waals surface area contributed by atoms with Gasteiger partial charge in [-0.1, -0.05) is 19.1 Å². The lowest BCUT2D eigenvalue weighted by atomic mass is 9.98. The molecular weight excluding hydrogens is 306 g/mol. The zero-order valence-corrected chi connectivity index (χ0v) is 14.7. The summed E-state index contributed by atoms with van der Waals surface area (Å²) < 4.78 is 10.5. The lowest BCUT2D eigenvalue weighted by molar-refractivity contribution is -0.135. The number of esters is 1. The van der Waals surface area contributed by atoms with E-state index < -0.39 is 5.97 Å². The second-order valence-corrected chi connectivity index (χ2v) is 5.84. The van der Waals surface area contributed by atoms with Crippen LogP contribution in [0.2, 0.25) is 0 Å². The van der Waals surface area contributed by atoms with Crippen LogP contribution in [0, 0.1) is 5.41 Å². The van der Waals surface area contributed by atoms with E-state index in [-0.39, 0.29) is 23.1 Å². The van der Waals surface area contributed by atoms with E-state index in [0.717, 1.165) is 12.8 Å². The minimum absolute atomic E-state index is 0.0570. The molecule has 1 rings (SSSR count). The zero-order chi connectivity index (χ0) is 18.1. The molecule has 0 aromatic heterocycles. The number of ether oxygens (including phenoxy) is 2. The Morgan fingerprint density at radius 1 is 1.21 bits per heavy atom. The summed E-state index contributed by atoms with van der Waals surface area (Å²) in [7, 11) is 1.21. The van der Waals surface area contributed by atoms with Gasteiger partial charge in [0.25, 0.3) is 0 Å². The number of hydrogen-bond donors (Lipinski definition) is 2. The van der Waals surface area contributed by atoms with Gasteiger partial charge in [0.05, 0.1) is 13.2 Å². The lowest BCUT2D eigenvalue weighted by Gasteiger charge is -2.23. The molecule has 5 heteroatoms. The molecule has 0 saturated heterocycles. The van der Waals surface area contributed by atoms with Crippen molar-refractivity contribution in [2.75, 3.05) is 7.11 Å². The summed E-state index contributed by atoms with van der Waals surface area (Å²) >= 11 is 0. The molecule has 0 bridgehead atoms. The second kappa shape index (κ2) is 9.75. The second-order valence-electron chi connectivity index (χ2n) is 5.84. The maximum atomic E-state index is 11.7. The molecule has 1 fully saturated rings. The molecular formula is C19H27NO4. The van der Waals surface area contributed by atoms with Crippen LogP contribution in [-0.2, 0) is 14.3 Å². The Kier molecular flexibility index (Phi) is 8.02. The molecule has 0 aromatic carbocycles. The highest BCUT2D eigenvalue weighted by Gasteiger charge is 2.19. The van der Waals surface area contributed by atoms with E-state index in [0.29, 0.717) is 11.3 Å². The fourth-order valence-electron chi connectivity index (χ4n) is 2.54. The third-order valence-electron chi connectivity index (χ3n) is 3.93. The van der Waals surface area contributed by atoms with Gasteiger partial charge in [-0.3, -0.25) is 0 Å². The summed E-state index contributed by atoms with van der Waals surface area (Å²) in [4.78, 5) is 11.7. The molecule has 0 heterocycles. The largest absolute Gasteiger partial charge is 0.507 e. The molecule has 0 amide bonds. The van der Waals surface area contributed by atoms with Gasteiger partial charge in [0.15, 0.2) is 0 Å². The van der Waals surface area contributed by atoms with Crippen molar-refractivity contribution in [2.24, 2.45) is 0 Å². The summed E-state index contributed by atoms with van der Waals surface area (Å²) in [6, 6.07) is 0. The summed E-state index contributed by atoms with van der Waals surface area (Å²) in [5.74, 6) is -0.383. The van der Waals surface area contributed by atoms with Crippen molar-refractivity contribution in [3.63, 3.8) is 0 Å². The van der Waals surface area contributed by atoms with Gasteiger partial charge < -0.3 is 20.0 Å². The van der Waals surface area contributed by atoms with Crippen LogP contribution in [-0.4, -0.2) is 30.0 Å². The first-order valence-corrected chi connectivity index (χ1v) is 8.15. The fourth-order valence-corrected chi connectivity index (χ4v) is 2.54. The number of methoxy groups -OCH3 is 1. The van der Waals surface area contributed by atoms with Crippen molar-refractivity contribution in [1.29, 1.82) is 5.41 Å². The lowest BCUT2D eigenvalue weighted by Crippen LogP contribution is -2.15. The SMILES string of the molecule is C=C\C(=C/C=C(C)/C(O)=C(/C(C)=N)C(=O)OC)OC1CCCCC1. The molecule has 0 unspecified atom stereocenters. The van der Waals surface area contributed by atoms with E-state index >= 15 is 0 Å². The number of rotatable bonds is 7. The molecule has 1 aliphatic rings. The van der Waals surface area contributed by atoms with Gasteiger partial charge >= 0.3 is 5.97 Å². The molecule has 0 radical (unpaired) electrons. The van der Waals surface area contributed by atoms with Crippen LogP contribution < -0.4 is 0 Å². The average Bonchev–Trinajstić information content (AvgIpc) is 2.58. The molecule has 0 atom stereocenters. The molecule has 1 saturated carbocycles. The van der Waals surface area contributed by atoms with Gasteiger partial charge in [-0.05, 0) is 57.3 Å². The Morgan fingerprint density at radius 2 is 1.83 bits per heavy atom. The van der Waals surface area contributed by atoms with Crippen molar-refractivity contribution in [1.82, 2.24) is 0 Å². The van der Waals surface area contributed by atoms with Crippen molar-refractivity contribution in [3.05, 3.63) is 47.5 Å². The minimum Gasteiger partial charge on any atom is -0.507 e. The summed E-state index contributed by atoms with van der Waals surface area (Å²) in [6.45, 7) is 6.82. The highest BCUT2D eigenvalue weighted by atomic mass is 16.5. The third-order valence-corrected chi connectivity index (χ3v) is 3.93. The van der Waals surface area contributed by atoms with E-state index in [2.05, 4.69) is 11.3 Å². The predicted octanol–water partition coefficient (Wildman–Crippen LogP) is 4.38. The van der Waals surface area contributed by atoms with Gasteiger partial charge in [-0.15, -0.1) is 0 Å². The molecule has 0 aliphatic heterocycles. The van der Waals surface area contributed by atoms with Gasteiger partial charge in [-0.2, -0.15) is 0 Å². The average molecular weight is 333 g/mol. The van der Waals surface area contributed by atoms with Crippen LogP contribution in [0.25, 0.3) is 0 Å². The van der Waals surface area contributed by atoms with Gasteiger partial charge in [0.2, 0.25) is 0 Å². The Hall–Kier alpha value is -2.30. The number of hydrogen-bond acceptors (Lipinski definition) is 5.